The number of ether oxygens (including phenoxy) is 2. The van der Waals surface area contributed by atoms with E-state index in [0.717, 1.165) is 0 Å². The molecule has 0 amide bonds. The van der Waals surface area contributed by atoms with Crippen LogP contribution in [0.5, 0.6) is 11.6 Å². The number of hydrogen-bond acceptors (Lipinski definition) is 5. The van der Waals surface area contributed by atoms with E-state index in [4.69, 9.17) is 9.47 Å². The monoisotopic (exact) mass is 327 g/mol. The number of rotatable bonds is 5. The highest BCUT2D eigenvalue weighted by molar-refractivity contribution is 5.62. The number of anilines is 2. The topological polar surface area (TPSA) is 56.3 Å². The van der Waals surface area contributed by atoms with Crippen LogP contribution in [0.25, 0.3) is 0 Å². The van der Waals surface area contributed by atoms with Gasteiger partial charge in [-0.25, -0.2) is 4.98 Å². The van der Waals surface area contributed by atoms with Gasteiger partial charge in [-0.05, 0) is 26.0 Å². The molecule has 0 spiro atoms. The average Bonchev–Trinajstić information content (AvgIpc) is 2.46. The lowest BCUT2D eigenvalue weighted by atomic mass is 10.3. The Kier molecular flexibility index (Phi) is 4.92. The molecular formula is C15H16F3N3O2. The zero-order valence-corrected chi connectivity index (χ0v) is 12.8. The first kappa shape index (κ1) is 16.9. The molecule has 0 saturated carbocycles. The lowest BCUT2D eigenvalue weighted by Crippen LogP contribution is -2.15. The molecule has 1 N–H and O–H groups in total. The number of halogens is 3. The predicted molar refractivity (Wildman–Crippen MR) is 79.1 cm³/mol. The van der Waals surface area contributed by atoms with Gasteiger partial charge in [0.05, 0.1) is 18.9 Å². The SMILES string of the molecule is COc1ccccc1Nc1ncc(C(F)(F)F)c(OC(C)C)n1. The summed E-state index contributed by atoms with van der Waals surface area (Å²) >= 11 is 0. The van der Waals surface area contributed by atoms with E-state index < -0.39 is 23.7 Å². The van der Waals surface area contributed by atoms with Crippen LogP contribution in [0.4, 0.5) is 24.8 Å². The molecule has 2 rings (SSSR count). The van der Waals surface area contributed by atoms with Crippen molar-refractivity contribution >= 4 is 11.6 Å². The third kappa shape index (κ3) is 4.24. The van der Waals surface area contributed by atoms with Crippen molar-refractivity contribution < 1.29 is 22.6 Å². The van der Waals surface area contributed by atoms with E-state index in [-0.39, 0.29) is 5.95 Å². The molecule has 1 aromatic heterocycles. The fraction of sp³-hybridized carbons (Fsp3) is 0.333. The molecule has 0 aliphatic rings. The Morgan fingerprint density at radius 1 is 1.17 bits per heavy atom. The minimum Gasteiger partial charge on any atom is -0.495 e. The standard InChI is InChI=1S/C15H16F3N3O2/c1-9(2)23-13-10(15(16,17)18)8-19-14(21-13)20-11-6-4-5-7-12(11)22-3/h4-9H,1-3H3,(H,19,20,21). The maximum absolute atomic E-state index is 13.0. The third-order valence-corrected chi connectivity index (χ3v) is 2.76. The van der Waals surface area contributed by atoms with Crippen molar-refractivity contribution in [2.75, 3.05) is 12.4 Å². The van der Waals surface area contributed by atoms with Crippen LogP contribution in [-0.2, 0) is 6.18 Å². The van der Waals surface area contributed by atoms with Gasteiger partial charge in [0.1, 0.15) is 11.3 Å². The van der Waals surface area contributed by atoms with E-state index in [1.54, 1.807) is 38.1 Å². The van der Waals surface area contributed by atoms with Crippen molar-refractivity contribution in [2.24, 2.45) is 0 Å². The summed E-state index contributed by atoms with van der Waals surface area (Å²) in [6, 6.07) is 6.92. The van der Waals surface area contributed by atoms with Gasteiger partial charge in [0, 0.05) is 6.20 Å². The highest BCUT2D eigenvalue weighted by Gasteiger charge is 2.36. The molecule has 8 heteroatoms. The highest BCUT2D eigenvalue weighted by Crippen LogP contribution is 2.36. The van der Waals surface area contributed by atoms with Gasteiger partial charge in [0.25, 0.3) is 0 Å². The molecular weight excluding hydrogens is 311 g/mol. The largest absolute Gasteiger partial charge is 0.495 e. The summed E-state index contributed by atoms with van der Waals surface area (Å²) in [7, 11) is 1.49. The lowest BCUT2D eigenvalue weighted by Gasteiger charge is -2.16. The minimum absolute atomic E-state index is 0.0156. The Morgan fingerprint density at radius 3 is 2.48 bits per heavy atom. The Labute approximate surface area is 131 Å². The van der Waals surface area contributed by atoms with Gasteiger partial charge in [-0.1, -0.05) is 12.1 Å². The maximum atomic E-state index is 13.0. The molecule has 0 aliphatic carbocycles. The molecule has 0 aliphatic heterocycles. The summed E-state index contributed by atoms with van der Waals surface area (Å²) in [5.74, 6) is -0.0135. The van der Waals surface area contributed by atoms with Gasteiger partial charge in [-0.2, -0.15) is 18.2 Å². The number of nitrogens with one attached hydrogen (secondary N) is 1. The summed E-state index contributed by atoms with van der Waals surface area (Å²) in [6.07, 6.45) is -4.35. The molecule has 23 heavy (non-hydrogen) atoms. The number of para-hydroxylation sites is 2. The van der Waals surface area contributed by atoms with E-state index >= 15 is 0 Å². The Morgan fingerprint density at radius 2 is 1.87 bits per heavy atom. The molecule has 1 aromatic carbocycles. The molecule has 124 valence electrons. The molecule has 0 fully saturated rings. The summed E-state index contributed by atoms with van der Waals surface area (Å²) in [5.41, 5.74) is -0.484. The predicted octanol–water partition coefficient (Wildman–Crippen LogP) is 4.03. The first-order valence-corrected chi connectivity index (χ1v) is 6.82. The van der Waals surface area contributed by atoms with Crippen LogP contribution in [0.1, 0.15) is 19.4 Å². The molecule has 2 aromatic rings. The van der Waals surface area contributed by atoms with Crippen LogP contribution in [0, 0.1) is 0 Å². The highest BCUT2D eigenvalue weighted by atomic mass is 19.4. The summed E-state index contributed by atoms with van der Waals surface area (Å²) < 4.78 is 49.3. The first-order valence-electron chi connectivity index (χ1n) is 6.82. The molecule has 1 heterocycles. The quantitative estimate of drug-likeness (QED) is 0.898. The molecule has 0 saturated heterocycles. The fourth-order valence-corrected chi connectivity index (χ4v) is 1.80. The van der Waals surface area contributed by atoms with Crippen molar-refractivity contribution in [2.45, 2.75) is 26.1 Å². The van der Waals surface area contributed by atoms with E-state index in [9.17, 15) is 13.2 Å². The van der Waals surface area contributed by atoms with Crippen LogP contribution in [0.2, 0.25) is 0 Å². The summed E-state index contributed by atoms with van der Waals surface area (Å²) in [4.78, 5) is 7.54. The van der Waals surface area contributed by atoms with E-state index in [1.807, 2.05) is 0 Å². The summed E-state index contributed by atoms with van der Waals surface area (Å²) in [5, 5.41) is 2.82. The smallest absolute Gasteiger partial charge is 0.423 e. The molecule has 0 bridgehead atoms. The summed E-state index contributed by atoms with van der Waals surface area (Å²) in [6.45, 7) is 3.24. The van der Waals surface area contributed by atoms with Crippen molar-refractivity contribution in [3.63, 3.8) is 0 Å². The first-order chi connectivity index (χ1) is 10.8. The molecule has 0 unspecified atom stereocenters. The average molecular weight is 327 g/mol. The van der Waals surface area contributed by atoms with Crippen molar-refractivity contribution in [3.05, 3.63) is 36.0 Å². The zero-order chi connectivity index (χ0) is 17.0. The van der Waals surface area contributed by atoms with E-state index in [2.05, 4.69) is 15.3 Å². The van der Waals surface area contributed by atoms with E-state index in [1.165, 1.54) is 7.11 Å². The lowest BCUT2D eigenvalue weighted by molar-refractivity contribution is -0.139. The second-order valence-corrected chi connectivity index (χ2v) is 4.90. The molecule has 0 radical (unpaired) electrons. The van der Waals surface area contributed by atoms with E-state index in [0.29, 0.717) is 17.6 Å². The fourth-order valence-electron chi connectivity index (χ4n) is 1.80. The molecule has 5 nitrogen and oxygen atoms in total. The maximum Gasteiger partial charge on any atom is 0.423 e. The van der Waals surface area contributed by atoms with Crippen molar-refractivity contribution in [3.8, 4) is 11.6 Å². The number of hydrogen-bond donors (Lipinski definition) is 1. The van der Waals surface area contributed by atoms with Gasteiger partial charge >= 0.3 is 6.18 Å². The van der Waals surface area contributed by atoms with Crippen LogP contribution < -0.4 is 14.8 Å². The van der Waals surface area contributed by atoms with Crippen LogP contribution >= 0.6 is 0 Å². The zero-order valence-electron chi connectivity index (χ0n) is 12.8. The number of aromatic nitrogens is 2. The minimum atomic E-state index is -4.59. The van der Waals surface area contributed by atoms with Crippen molar-refractivity contribution in [1.29, 1.82) is 0 Å². The van der Waals surface area contributed by atoms with Gasteiger partial charge < -0.3 is 14.8 Å². The Bertz CT molecular complexity index is 675. The van der Waals surface area contributed by atoms with Gasteiger partial charge in [0.15, 0.2) is 0 Å². The normalized spacial score (nSPS) is 11.4. The van der Waals surface area contributed by atoms with Gasteiger partial charge in [-0.15, -0.1) is 0 Å². The van der Waals surface area contributed by atoms with Crippen LogP contribution in [0.15, 0.2) is 30.5 Å². The number of nitrogens with zero attached hydrogens (tertiary/aromatic N) is 2. The van der Waals surface area contributed by atoms with Crippen LogP contribution in [0.3, 0.4) is 0 Å². The van der Waals surface area contributed by atoms with Crippen LogP contribution in [-0.4, -0.2) is 23.2 Å². The van der Waals surface area contributed by atoms with Crippen molar-refractivity contribution in [1.82, 2.24) is 9.97 Å². The molecule has 0 atom stereocenters. The Hall–Kier alpha value is -2.51. The second-order valence-electron chi connectivity index (χ2n) is 4.90. The number of alkyl halides is 3. The number of benzene rings is 1. The number of methoxy groups -OCH3 is 1. The van der Waals surface area contributed by atoms with Gasteiger partial charge in [0.2, 0.25) is 11.8 Å². The van der Waals surface area contributed by atoms with Gasteiger partial charge in [-0.3, -0.25) is 0 Å². The Balaban J connectivity index is 2.37. The second kappa shape index (κ2) is 6.72. The third-order valence-electron chi connectivity index (χ3n) is 2.76.